The van der Waals surface area contributed by atoms with Gasteiger partial charge in [-0.15, -0.1) is 0 Å². The number of ether oxygens (including phenoxy) is 1. The highest BCUT2D eigenvalue weighted by Crippen LogP contribution is 2.19. The van der Waals surface area contributed by atoms with Gasteiger partial charge in [0.2, 0.25) is 5.91 Å². The van der Waals surface area contributed by atoms with Crippen molar-refractivity contribution in [1.82, 2.24) is 4.90 Å². The van der Waals surface area contributed by atoms with E-state index in [0.717, 1.165) is 19.4 Å². The number of alkyl halides is 1. The first-order chi connectivity index (χ1) is 7.06. The number of carbonyl (C=O) groups excluding carboxylic acids is 2. The number of amides is 1. The fourth-order valence-electron chi connectivity index (χ4n) is 1.79. The van der Waals surface area contributed by atoms with Crippen LogP contribution in [0.5, 0.6) is 0 Å². The summed E-state index contributed by atoms with van der Waals surface area (Å²) in [6.45, 7) is 3.02. The summed E-state index contributed by atoms with van der Waals surface area (Å²) in [6.07, 6.45) is 1.68. The summed E-state index contributed by atoms with van der Waals surface area (Å²) in [5.41, 5.74) is 0. The Morgan fingerprint density at radius 2 is 2.20 bits per heavy atom. The van der Waals surface area contributed by atoms with Crippen molar-refractivity contribution in [3.63, 3.8) is 0 Å². The Morgan fingerprint density at radius 3 is 2.73 bits per heavy atom. The van der Waals surface area contributed by atoms with Gasteiger partial charge in [0.1, 0.15) is 0 Å². The lowest BCUT2D eigenvalue weighted by atomic mass is 9.98. The number of halogens is 1. The molecule has 0 aromatic heterocycles. The van der Waals surface area contributed by atoms with Crippen molar-refractivity contribution >= 4 is 27.8 Å². The average Bonchev–Trinajstić information content (AvgIpc) is 2.27. The minimum Gasteiger partial charge on any atom is -0.469 e. The summed E-state index contributed by atoms with van der Waals surface area (Å²) in [5, 5.41) is 0. The molecule has 0 bridgehead atoms. The van der Waals surface area contributed by atoms with E-state index in [1.165, 1.54) is 7.11 Å². The Hall–Kier alpha value is -0.580. The second-order valence-corrected chi connectivity index (χ2v) is 5.14. The van der Waals surface area contributed by atoms with Crippen LogP contribution in [-0.2, 0) is 14.3 Å². The molecule has 0 saturated carbocycles. The summed E-state index contributed by atoms with van der Waals surface area (Å²) >= 11 is 3.24. The minimum atomic E-state index is -0.213. The average molecular weight is 278 g/mol. The van der Waals surface area contributed by atoms with Crippen LogP contribution in [0.2, 0.25) is 0 Å². The molecule has 5 heteroatoms. The van der Waals surface area contributed by atoms with Gasteiger partial charge < -0.3 is 9.64 Å². The fourth-order valence-corrected chi connectivity index (χ4v) is 2.08. The second kappa shape index (κ2) is 5.49. The van der Waals surface area contributed by atoms with Crippen LogP contribution in [0.15, 0.2) is 0 Å². The zero-order chi connectivity index (χ0) is 11.4. The number of hydrogen-bond donors (Lipinski definition) is 0. The van der Waals surface area contributed by atoms with Crippen LogP contribution < -0.4 is 0 Å². The smallest absolute Gasteiger partial charge is 0.310 e. The maximum Gasteiger partial charge on any atom is 0.310 e. The molecule has 0 radical (unpaired) electrons. The monoisotopic (exact) mass is 277 g/mol. The number of carbonyl (C=O) groups is 2. The van der Waals surface area contributed by atoms with Gasteiger partial charge in [-0.3, -0.25) is 9.59 Å². The molecular weight excluding hydrogens is 262 g/mol. The van der Waals surface area contributed by atoms with E-state index in [9.17, 15) is 9.59 Å². The number of hydrogen-bond acceptors (Lipinski definition) is 3. The highest BCUT2D eigenvalue weighted by atomic mass is 79.9. The summed E-state index contributed by atoms with van der Waals surface area (Å²) in [7, 11) is 1.39. The molecule has 1 saturated heterocycles. The summed E-state index contributed by atoms with van der Waals surface area (Å²) in [6, 6.07) is 0. The van der Waals surface area contributed by atoms with Crippen molar-refractivity contribution < 1.29 is 14.3 Å². The maximum absolute atomic E-state index is 11.7. The molecule has 0 spiro atoms. The van der Waals surface area contributed by atoms with E-state index in [-0.39, 0.29) is 22.6 Å². The molecule has 15 heavy (non-hydrogen) atoms. The van der Waals surface area contributed by atoms with Crippen molar-refractivity contribution in [2.45, 2.75) is 24.6 Å². The molecule has 86 valence electrons. The van der Waals surface area contributed by atoms with Crippen molar-refractivity contribution in [2.75, 3.05) is 20.2 Å². The van der Waals surface area contributed by atoms with Crippen LogP contribution in [0.25, 0.3) is 0 Å². The van der Waals surface area contributed by atoms with Crippen LogP contribution in [0.3, 0.4) is 0 Å². The molecule has 2 unspecified atom stereocenters. The van der Waals surface area contributed by atoms with E-state index in [1.54, 1.807) is 11.8 Å². The Bertz CT molecular complexity index is 255. The van der Waals surface area contributed by atoms with E-state index in [2.05, 4.69) is 20.7 Å². The Labute approximate surface area is 98.1 Å². The van der Waals surface area contributed by atoms with Crippen molar-refractivity contribution in [2.24, 2.45) is 5.92 Å². The van der Waals surface area contributed by atoms with Crippen molar-refractivity contribution in [1.29, 1.82) is 0 Å². The van der Waals surface area contributed by atoms with E-state index in [1.807, 2.05) is 0 Å². The molecule has 1 aliphatic rings. The van der Waals surface area contributed by atoms with E-state index < -0.39 is 0 Å². The van der Waals surface area contributed by atoms with E-state index in [4.69, 9.17) is 0 Å². The third-order valence-electron chi connectivity index (χ3n) is 2.61. The Kier molecular flexibility index (Phi) is 4.57. The largest absolute Gasteiger partial charge is 0.469 e. The zero-order valence-corrected chi connectivity index (χ0v) is 10.6. The molecule has 0 aromatic carbocycles. The third kappa shape index (κ3) is 3.19. The lowest BCUT2D eigenvalue weighted by Gasteiger charge is -2.32. The van der Waals surface area contributed by atoms with Crippen LogP contribution in [0, 0.1) is 5.92 Å². The lowest BCUT2D eigenvalue weighted by molar-refractivity contribution is -0.148. The van der Waals surface area contributed by atoms with Gasteiger partial charge in [0.25, 0.3) is 0 Å². The van der Waals surface area contributed by atoms with Crippen LogP contribution in [-0.4, -0.2) is 41.8 Å². The molecule has 1 aliphatic heterocycles. The Morgan fingerprint density at radius 1 is 1.53 bits per heavy atom. The SMILES string of the molecule is COC(=O)C1CCCN(C(=O)C(C)Br)C1. The lowest BCUT2D eigenvalue weighted by Crippen LogP contribution is -2.44. The van der Waals surface area contributed by atoms with Crippen LogP contribution in [0.1, 0.15) is 19.8 Å². The molecule has 1 rings (SSSR count). The molecular formula is C10H16BrNO3. The number of piperidine rings is 1. The normalized spacial score (nSPS) is 23.4. The quantitative estimate of drug-likeness (QED) is 0.563. The number of esters is 1. The molecule has 2 atom stereocenters. The zero-order valence-electron chi connectivity index (χ0n) is 9.03. The fraction of sp³-hybridized carbons (Fsp3) is 0.800. The highest BCUT2D eigenvalue weighted by Gasteiger charge is 2.30. The van der Waals surface area contributed by atoms with Crippen molar-refractivity contribution in [3.05, 3.63) is 0 Å². The third-order valence-corrected chi connectivity index (χ3v) is 3.00. The van der Waals surface area contributed by atoms with Gasteiger partial charge >= 0.3 is 5.97 Å². The predicted molar refractivity (Wildman–Crippen MR) is 59.7 cm³/mol. The van der Waals surface area contributed by atoms with E-state index in [0.29, 0.717) is 6.54 Å². The maximum atomic E-state index is 11.7. The van der Waals surface area contributed by atoms with Gasteiger partial charge in [0, 0.05) is 13.1 Å². The number of rotatable bonds is 2. The van der Waals surface area contributed by atoms with E-state index >= 15 is 0 Å². The first-order valence-corrected chi connectivity index (χ1v) is 5.98. The first kappa shape index (κ1) is 12.5. The highest BCUT2D eigenvalue weighted by molar-refractivity contribution is 9.10. The Balaban J connectivity index is 2.56. The molecule has 4 nitrogen and oxygen atoms in total. The first-order valence-electron chi connectivity index (χ1n) is 5.07. The van der Waals surface area contributed by atoms with Gasteiger partial charge in [0.15, 0.2) is 0 Å². The molecule has 1 heterocycles. The van der Waals surface area contributed by atoms with Gasteiger partial charge in [-0.1, -0.05) is 15.9 Å². The molecule has 1 fully saturated rings. The molecule has 0 N–H and O–H groups in total. The number of likely N-dealkylation sites (tertiary alicyclic amines) is 1. The topological polar surface area (TPSA) is 46.6 Å². The van der Waals surface area contributed by atoms with Gasteiger partial charge in [-0.05, 0) is 19.8 Å². The molecule has 0 aliphatic carbocycles. The number of methoxy groups -OCH3 is 1. The second-order valence-electron chi connectivity index (χ2n) is 3.76. The van der Waals surface area contributed by atoms with Crippen LogP contribution in [0.4, 0.5) is 0 Å². The summed E-state index contributed by atoms with van der Waals surface area (Å²) < 4.78 is 4.69. The van der Waals surface area contributed by atoms with Gasteiger partial charge in [0.05, 0.1) is 17.9 Å². The van der Waals surface area contributed by atoms with Gasteiger partial charge in [-0.25, -0.2) is 0 Å². The predicted octanol–water partition coefficient (Wildman–Crippen LogP) is 1.18. The molecule has 0 aromatic rings. The number of nitrogens with zero attached hydrogens (tertiary/aromatic N) is 1. The van der Waals surface area contributed by atoms with Crippen molar-refractivity contribution in [3.8, 4) is 0 Å². The standard InChI is InChI=1S/C10H16BrNO3/c1-7(11)9(13)12-5-3-4-8(6-12)10(14)15-2/h7-8H,3-6H2,1-2H3. The molecule has 1 amide bonds. The summed E-state index contributed by atoms with van der Waals surface area (Å²) in [5.74, 6) is -0.322. The summed E-state index contributed by atoms with van der Waals surface area (Å²) in [4.78, 5) is 24.6. The van der Waals surface area contributed by atoms with Crippen LogP contribution >= 0.6 is 15.9 Å². The van der Waals surface area contributed by atoms with Gasteiger partial charge in [-0.2, -0.15) is 0 Å². The minimum absolute atomic E-state index is 0.0450.